The third kappa shape index (κ3) is 5.22. The SMILES string of the molecule is CN(CCCCc1c[nH]c2ccc(C#N)cc12)CC(=O)Nc1ccc2oc(C(N)=O)cc2c1. The molecule has 8 nitrogen and oxygen atoms in total. The van der Waals surface area contributed by atoms with E-state index >= 15 is 0 Å². The molecule has 4 aromatic rings. The zero-order valence-corrected chi connectivity index (χ0v) is 18.4. The van der Waals surface area contributed by atoms with Gasteiger partial charge in [0.2, 0.25) is 5.91 Å². The van der Waals surface area contributed by atoms with E-state index in [0.717, 1.165) is 36.7 Å². The van der Waals surface area contributed by atoms with Crippen LogP contribution in [0.15, 0.2) is 53.1 Å². The van der Waals surface area contributed by atoms with Gasteiger partial charge in [-0.15, -0.1) is 0 Å². The molecule has 0 atom stereocenters. The Kier molecular flexibility index (Phi) is 6.43. The number of primary amides is 1. The van der Waals surface area contributed by atoms with E-state index in [1.807, 2.05) is 36.3 Å². The second-order valence-electron chi connectivity index (χ2n) is 8.16. The van der Waals surface area contributed by atoms with Crippen LogP contribution in [-0.4, -0.2) is 41.8 Å². The van der Waals surface area contributed by atoms with Crippen LogP contribution < -0.4 is 11.1 Å². The molecule has 168 valence electrons. The van der Waals surface area contributed by atoms with Crippen molar-refractivity contribution in [3.63, 3.8) is 0 Å². The minimum absolute atomic E-state index is 0.0892. The van der Waals surface area contributed by atoms with Gasteiger partial charge in [-0.05, 0) is 80.9 Å². The summed E-state index contributed by atoms with van der Waals surface area (Å²) in [5.41, 5.74) is 9.32. The number of amides is 2. The van der Waals surface area contributed by atoms with Crippen LogP contribution in [0.3, 0.4) is 0 Å². The number of hydrogen-bond acceptors (Lipinski definition) is 5. The molecule has 4 rings (SSSR count). The number of aromatic nitrogens is 1. The molecule has 2 aromatic carbocycles. The number of aryl methyl sites for hydroxylation is 1. The predicted molar refractivity (Wildman–Crippen MR) is 127 cm³/mol. The van der Waals surface area contributed by atoms with Crippen LogP contribution in [0.2, 0.25) is 0 Å². The maximum atomic E-state index is 12.4. The van der Waals surface area contributed by atoms with Gasteiger partial charge in [-0.2, -0.15) is 5.26 Å². The molecule has 0 fully saturated rings. The number of H-pyrrole nitrogens is 1. The quantitative estimate of drug-likeness (QED) is 0.339. The van der Waals surface area contributed by atoms with E-state index in [1.54, 1.807) is 24.3 Å². The lowest BCUT2D eigenvalue weighted by molar-refractivity contribution is -0.117. The van der Waals surface area contributed by atoms with Crippen LogP contribution in [0.25, 0.3) is 21.9 Å². The fourth-order valence-corrected chi connectivity index (χ4v) is 3.92. The first-order valence-corrected chi connectivity index (χ1v) is 10.7. The highest BCUT2D eigenvalue weighted by Crippen LogP contribution is 2.23. The van der Waals surface area contributed by atoms with Gasteiger partial charge in [0.05, 0.1) is 18.2 Å². The summed E-state index contributed by atoms with van der Waals surface area (Å²) in [6.07, 6.45) is 4.85. The first-order valence-electron chi connectivity index (χ1n) is 10.7. The van der Waals surface area contributed by atoms with Gasteiger partial charge in [-0.3, -0.25) is 14.5 Å². The van der Waals surface area contributed by atoms with Crippen LogP contribution >= 0.6 is 0 Å². The van der Waals surface area contributed by atoms with Crippen LogP contribution in [-0.2, 0) is 11.2 Å². The van der Waals surface area contributed by atoms with Crippen LogP contribution in [0.4, 0.5) is 5.69 Å². The fourth-order valence-electron chi connectivity index (χ4n) is 3.92. The van der Waals surface area contributed by atoms with Crippen molar-refractivity contribution in [1.82, 2.24) is 9.88 Å². The Morgan fingerprint density at radius 1 is 1.18 bits per heavy atom. The lowest BCUT2D eigenvalue weighted by atomic mass is 10.1. The monoisotopic (exact) mass is 443 g/mol. The molecule has 0 aliphatic heterocycles. The van der Waals surface area contributed by atoms with Crippen molar-refractivity contribution in [1.29, 1.82) is 5.26 Å². The van der Waals surface area contributed by atoms with E-state index in [9.17, 15) is 9.59 Å². The molecule has 0 saturated carbocycles. The Hall–Kier alpha value is -4.09. The third-order valence-corrected chi connectivity index (χ3v) is 5.59. The molecule has 2 heterocycles. The maximum absolute atomic E-state index is 12.4. The molecule has 0 bridgehead atoms. The largest absolute Gasteiger partial charge is 0.451 e. The summed E-state index contributed by atoms with van der Waals surface area (Å²) in [6.45, 7) is 1.07. The van der Waals surface area contributed by atoms with E-state index in [0.29, 0.717) is 22.2 Å². The van der Waals surface area contributed by atoms with Gasteiger partial charge in [0.15, 0.2) is 5.76 Å². The van der Waals surface area contributed by atoms with Gasteiger partial charge in [0.1, 0.15) is 5.58 Å². The molecule has 4 N–H and O–H groups in total. The molecular weight excluding hydrogens is 418 g/mol. The number of nitrogens with two attached hydrogens (primary N) is 1. The van der Waals surface area contributed by atoms with Crippen molar-refractivity contribution in [2.24, 2.45) is 5.73 Å². The molecule has 33 heavy (non-hydrogen) atoms. The molecule has 8 heteroatoms. The average Bonchev–Trinajstić information content (AvgIpc) is 3.40. The van der Waals surface area contributed by atoms with Crippen molar-refractivity contribution in [2.45, 2.75) is 19.3 Å². The lowest BCUT2D eigenvalue weighted by Gasteiger charge is -2.16. The van der Waals surface area contributed by atoms with Crippen LogP contribution in [0, 0.1) is 11.3 Å². The number of benzene rings is 2. The number of unbranched alkanes of at least 4 members (excludes halogenated alkanes) is 1. The summed E-state index contributed by atoms with van der Waals surface area (Å²) >= 11 is 0. The van der Waals surface area contributed by atoms with E-state index in [1.165, 1.54) is 5.56 Å². The highest BCUT2D eigenvalue weighted by molar-refractivity contribution is 5.98. The molecule has 2 aromatic heterocycles. The average molecular weight is 444 g/mol. The van der Waals surface area contributed by atoms with Crippen molar-refractivity contribution in [3.8, 4) is 6.07 Å². The summed E-state index contributed by atoms with van der Waals surface area (Å²) in [5, 5.41) is 13.8. The standard InChI is InChI=1S/C25H25N5O3/c1-30(9-3-2-4-17-14-28-21-7-5-16(13-26)10-20(17)21)15-24(31)29-19-6-8-22-18(11-19)12-23(33-22)25(27)32/h5-8,10-12,14,28H,2-4,9,15H2,1H3,(H2,27,32)(H,29,31). The Labute approximate surface area is 191 Å². The minimum atomic E-state index is -0.630. The van der Waals surface area contributed by atoms with Gasteiger partial charge in [0.25, 0.3) is 5.91 Å². The number of carbonyl (C=O) groups excluding carboxylic acids is 2. The Morgan fingerprint density at radius 2 is 2.03 bits per heavy atom. The molecule has 0 aliphatic carbocycles. The van der Waals surface area contributed by atoms with Gasteiger partial charge in [-0.1, -0.05) is 0 Å². The van der Waals surface area contributed by atoms with Crippen molar-refractivity contribution >= 4 is 39.4 Å². The Morgan fingerprint density at radius 3 is 2.82 bits per heavy atom. The van der Waals surface area contributed by atoms with Gasteiger partial charge in [-0.25, -0.2) is 0 Å². The summed E-state index contributed by atoms with van der Waals surface area (Å²) in [7, 11) is 1.92. The van der Waals surface area contributed by atoms with E-state index in [2.05, 4.69) is 16.4 Å². The number of nitrogens with zero attached hydrogens (tertiary/aromatic N) is 2. The summed E-state index contributed by atoms with van der Waals surface area (Å²) in [6, 6.07) is 14.6. The number of likely N-dealkylation sites (N-methyl/N-ethyl adjacent to an activating group) is 1. The van der Waals surface area contributed by atoms with Crippen molar-refractivity contribution < 1.29 is 14.0 Å². The van der Waals surface area contributed by atoms with Crippen LogP contribution in [0.1, 0.15) is 34.5 Å². The number of aromatic amines is 1. The number of furan rings is 1. The van der Waals surface area contributed by atoms with E-state index in [4.69, 9.17) is 15.4 Å². The highest BCUT2D eigenvalue weighted by atomic mass is 16.3. The number of nitriles is 1. The topological polar surface area (TPSA) is 128 Å². The summed E-state index contributed by atoms with van der Waals surface area (Å²) < 4.78 is 5.36. The minimum Gasteiger partial charge on any atom is -0.451 e. The second-order valence-corrected chi connectivity index (χ2v) is 8.16. The molecule has 0 aliphatic rings. The molecule has 2 amide bonds. The zero-order valence-electron chi connectivity index (χ0n) is 18.4. The number of anilines is 1. The lowest BCUT2D eigenvalue weighted by Crippen LogP contribution is -2.30. The number of hydrogen-bond donors (Lipinski definition) is 3. The first-order chi connectivity index (χ1) is 15.9. The number of rotatable bonds is 9. The summed E-state index contributed by atoms with van der Waals surface area (Å²) in [4.78, 5) is 28.9. The third-order valence-electron chi connectivity index (χ3n) is 5.59. The number of nitrogens with one attached hydrogen (secondary N) is 2. The number of carbonyl (C=O) groups is 2. The first kappa shape index (κ1) is 22.1. The van der Waals surface area contributed by atoms with E-state index < -0.39 is 5.91 Å². The fraction of sp³-hybridized carbons (Fsp3) is 0.240. The maximum Gasteiger partial charge on any atom is 0.284 e. The van der Waals surface area contributed by atoms with Crippen molar-refractivity contribution in [2.75, 3.05) is 25.5 Å². The predicted octanol–water partition coefficient (Wildman–Crippen LogP) is 3.78. The Bertz CT molecular complexity index is 1360. The number of fused-ring (bicyclic) bond motifs is 2. The molecule has 0 radical (unpaired) electrons. The highest BCUT2D eigenvalue weighted by Gasteiger charge is 2.11. The van der Waals surface area contributed by atoms with E-state index in [-0.39, 0.29) is 18.2 Å². The van der Waals surface area contributed by atoms with Gasteiger partial charge in [0, 0.05) is 28.2 Å². The van der Waals surface area contributed by atoms with Gasteiger partial charge >= 0.3 is 0 Å². The molecule has 0 saturated heterocycles. The zero-order chi connectivity index (χ0) is 23.4. The normalized spacial score (nSPS) is 11.2. The van der Waals surface area contributed by atoms with Crippen LogP contribution in [0.5, 0.6) is 0 Å². The smallest absolute Gasteiger partial charge is 0.284 e. The van der Waals surface area contributed by atoms with Gasteiger partial charge < -0.3 is 20.5 Å². The Balaban J connectivity index is 1.24. The molecule has 0 spiro atoms. The molecular formula is C25H25N5O3. The summed E-state index contributed by atoms with van der Waals surface area (Å²) in [5.74, 6) is -0.655. The van der Waals surface area contributed by atoms with Crippen molar-refractivity contribution in [3.05, 3.63) is 65.5 Å². The second kappa shape index (κ2) is 9.59. The molecule has 0 unspecified atom stereocenters.